The quantitative estimate of drug-likeness (QED) is 0.399. The van der Waals surface area contributed by atoms with Crippen molar-refractivity contribution >= 4 is 62.5 Å². The third kappa shape index (κ3) is 4.07. The van der Waals surface area contributed by atoms with Crippen molar-refractivity contribution in [2.75, 3.05) is 11.4 Å². The number of aromatic nitrogens is 2. The summed E-state index contributed by atoms with van der Waals surface area (Å²) in [5.41, 5.74) is 2.06. The highest BCUT2D eigenvalue weighted by atomic mass is 32.2. The number of nitrogens with zero attached hydrogens (tertiary/aromatic N) is 3. The van der Waals surface area contributed by atoms with Gasteiger partial charge in [0.2, 0.25) is 5.52 Å². The number of anilines is 1. The number of hydrogen-bond donors (Lipinski definition) is 0. The van der Waals surface area contributed by atoms with Crippen molar-refractivity contribution in [2.45, 2.75) is 18.2 Å². The van der Waals surface area contributed by atoms with E-state index in [-0.39, 0.29) is 11.4 Å². The Kier molecular flexibility index (Phi) is 5.99. The molecule has 0 spiro atoms. The lowest BCUT2D eigenvalue weighted by Crippen LogP contribution is -2.31. The average Bonchev–Trinajstić information content (AvgIpc) is 3.41. The van der Waals surface area contributed by atoms with Crippen molar-refractivity contribution in [3.63, 3.8) is 0 Å². The summed E-state index contributed by atoms with van der Waals surface area (Å²) in [5.74, 6) is -0.250. The number of fused-ring (bicyclic) bond motifs is 2. The van der Waals surface area contributed by atoms with Crippen LogP contribution in [-0.4, -0.2) is 11.1 Å². The molecule has 1 aliphatic heterocycles. The predicted molar refractivity (Wildman–Crippen MR) is 138 cm³/mol. The fourth-order valence-corrected chi connectivity index (χ4v) is 7.08. The van der Waals surface area contributed by atoms with Crippen LogP contribution in [0.15, 0.2) is 63.3 Å². The molecule has 3 heterocycles. The highest BCUT2D eigenvalue weighted by Crippen LogP contribution is 2.45. The smallest absolute Gasteiger partial charge is 0.268 e. The maximum Gasteiger partial charge on any atom is 0.268 e. The Morgan fingerprint density at radius 1 is 1.12 bits per heavy atom. The topological polar surface area (TPSA) is 29.1 Å². The molecule has 0 unspecified atom stereocenters. The Morgan fingerprint density at radius 2 is 1.94 bits per heavy atom. The second-order valence-corrected chi connectivity index (χ2v) is 11.0. The molecule has 2 aromatic heterocycles. The first-order valence-electron chi connectivity index (χ1n) is 10.7. The number of rotatable bonds is 4. The number of hydrogen-bond acceptors (Lipinski definition) is 5. The minimum Gasteiger partial charge on any atom is -0.335 e. The van der Waals surface area contributed by atoms with Crippen molar-refractivity contribution < 1.29 is 8.96 Å². The third-order valence-electron chi connectivity index (χ3n) is 5.60. The zero-order valence-electron chi connectivity index (χ0n) is 18.5. The van der Waals surface area contributed by atoms with Crippen LogP contribution in [-0.2, 0) is 14.1 Å². The zero-order valence-corrected chi connectivity index (χ0v) is 21.0. The van der Waals surface area contributed by atoms with Gasteiger partial charge < -0.3 is 9.47 Å². The summed E-state index contributed by atoms with van der Waals surface area (Å²) >= 11 is 4.79. The van der Waals surface area contributed by atoms with E-state index in [1.165, 1.54) is 28.0 Å². The predicted octanol–water partition coefficient (Wildman–Crippen LogP) is 4.10. The molecule has 8 heteroatoms. The van der Waals surface area contributed by atoms with E-state index in [9.17, 15) is 9.18 Å². The molecule has 1 aliphatic rings. The number of thiazole rings is 2. The largest absolute Gasteiger partial charge is 0.335 e. The molecule has 0 saturated heterocycles. The van der Waals surface area contributed by atoms with Crippen LogP contribution in [0.1, 0.15) is 18.4 Å². The number of allylic oxidation sites excluding steroid dienone is 1. The SMILES string of the molecule is CCCN1C(=CC=c2sc(=Cc3sc4ccc(F)cc4[n+]3C)n(C)c2=O)Sc2ccccc21. The van der Waals surface area contributed by atoms with Gasteiger partial charge in [-0.05, 0) is 42.8 Å². The minimum atomic E-state index is -0.250. The van der Waals surface area contributed by atoms with Crippen LogP contribution in [0.5, 0.6) is 0 Å². The molecule has 5 rings (SSSR count). The minimum absolute atomic E-state index is 0.0135. The highest BCUT2D eigenvalue weighted by molar-refractivity contribution is 8.03. The van der Waals surface area contributed by atoms with E-state index in [0.29, 0.717) is 4.53 Å². The Labute approximate surface area is 203 Å². The van der Waals surface area contributed by atoms with Gasteiger partial charge in [0.25, 0.3) is 10.6 Å². The van der Waals surface area contributed by atoms with Gasteiger partial charge >= 0.3 is 0 Å². The summed E-state index contributed by atoms with van der Waals surface area (Å²) in [5, 5.41) is 2.10. The van der Waals surface area contributed by atoms with Crippen LogP contribution in [0.25, 0.3) is 22.4 Å². The standard InChI is InChI=1S/C25H23FN3OS3/c1-4-13-29-17-7-5-6-8-19(17)31-22(29)12-11-21-25(30)28(3)24(33-21)15-23-27(2)18-14-16(26)9-10-20(18)32-23/h5-12,14-15H,4,13H2,1-3H3/q+1. The second kappa shape index (κ2) is 8.93. The van der Waals surface area contributed by atoms with Crippen LogP contribution < -0.4 is 24.2 Å². The molecule has 0 bridgehead atoms. The van der Waals surface area contributed by atoms with Crippen LogP contribution in [0.3, 0.4) is 0 Å². The van der Waals surface area contributed by atoms with Crippen LogP contribution in [0.4, 0.5) is 10.1 Å². The Bertz CT molecular complexity index is 1580. The number of halogens is 1. The maximum atomic E-state index is 13.7. The number of thioether (sulfide) groups is 1. The summed E-state index contributed by atoms with van der Waals surface area (Å²) in [6.45, 7) is 3.11. The van der Waals surface area contributed by atoms with Gasteiger partial charge in [0.15, 0.2) is 0 Å². The lowest BCUT2D eigenvalue weighted by molar-refractivity contribution is -0.642. The van der Waals surface area contributed by atoms with E-state index in [1.807, 2.05) is 23.8 Å². The van der Waals surface area contributed by atoms with Crippen molar-refractivity contribution in [3.8, 4) is 0 Å². The molecular weight excluding hydrogens is 473 g/mol. The molecule has 0 amide bonds. The van der Waals surface area contributed by atoms with Gasteiger partial charge in [0.1, 0.15) is 22.2 Å². The van der Waals surface area contributed by atoms with Crippen molar-refractivity contribution in [1.82, 2.24) is 4.57 Å². The van der Waals surface area contributed by atoms with E-state index in [4.69, 9.17) is 0 Å². The Hall–Kier alpha value is -2.68. The summed E-state index contributed by atoms with van der Waals surface area (Å²) in [6.07, 6.45) is 7.03. The van der Waals surface area contributed by atoms with Gasteiger partial charge in [0, 0.05) is 24.6 Å². The Balaban J connectivity index is 1.56. The zero-order chi connectivity index (χ0) is 23.1. The molecule has 4 nitrogen and oxygen atoms in total. The highest BCUT2D eigenvalue weighted by Gasteiger charge is 2.23. The molecule has 0 N–H and O–H groups in total. The molecular formula is C25H23FN3OS3+. The normalized spacial score (nSPS) is 15.9. The summed E-state index contributed by atoms with van der Waals surface area (Å²) in [4.78, 5) is 16.5. The van der Waals surface area contributed by atoms with E-state index in [0.717, 1.165) is 37.9 Å². The van der Waals surface area contributed by atoms with Crippen LogP contribution in [0.2, 0.25) is 0 Å². The lowest BCUT2D eigenvalue weighted by Gasteiger charge is -2.19. The first kappa shape index (κ1) is 22.1. The molecule has 0 radical (unpaired) electrons. The van der Waals surface area contributed by atoms with Crippen molar-refractivity contribution in [1.29, 1.82) is 0 Å². The summed E-state index contributed by atoms with van der Waals surface area (Å²) in [6, 6.07) is 13.2. The fraction of sp³-hybridized carbons (Fsp3) is 0.200. The molecule has 0 fully saturated rings. The van der Waals surface area contributed by atoms with Gasteiger partial charge in [-0.1, -0.05) is 42.2 Å². The third-order valence-corrected chi connectivity index (χ3v) is 9.02. The molecule has 33 heavy (non-hydrogen) atoms. The van der Waals surface area contributed by atoms with E-state index < -0.39 is 0 Å². The fourth-order valence-electron chi connectivity index (χ4n) is 3.87. The van der Waals surface area contributed by atoms with Crippen LogP contribution in [0, 0.1) is 5.82 Å². The lowest BCUT2D eigenvalue weighted by atomic mass is 10.3. The van der Waals surface area contributed by atoms with E-state index in [2.05, 4.69) is 42.2 Å². The van der Waals surface area contributed by atoms with Gasteiger partial charge in [-0.2, -0.15) is 4.57 Å². The second-order valence-electron chi connectivity index (χ2n) is 7.82. The first-order chi connectivity index (χ1) is 16.0. The molecule has 4 aromatic rings. The average molecular weight is 497 g/mol. The molecule has 168 valence electrons. The van der Waals surface area contributed by atoms with Gasteiger partial charge in [-0.25, -0.2) is 4.39 Å². The van der Waals surface area contributed by atoms with E-state index in [1.54, 1.807) is 46.8 Å². The number of benzene rings is 2. The Morgan fingerprint density at radius 3 is 2.76 bits per heavy atom. The van der Waals surface area contributed by atoms with Crippen molar-refractivity contribution in [2.24, 2.45) is 14.1 Å². The van der Waals surface area contributed by atoms with E-state index >= 15 is 0 Å². The van der Waals surface area contributed by atoms with Gasteiger partial charge in [-0.15, -0.1) is 11.3 Å². The van der Waals surface area contributed by atoms with Crippen molar-refractivity contribution in [3.05, 3.63) is 83.9 Å². The summed E-state index contributed by atoms with van der Waals surface area (Å²) in [7, 11) is 3.72. The molecule has 2 aromatic carbocycles. The monoisotopic (exact) mass is 496 g/mol. The van der Waals surface area contributed by atoms with Crippen LogP contribution >= 0.6 is 34.4 Å². The van der Waals surface area contributed by atoms with Gasteiger partial charge in [0.05, 0.1) is 21.3 Å². The maximum absolute atomic E-state index is 13.7. The molecule has 0 atom stereocenters. The molecule has 0 saturated carbocycles. The van der Waals surface area contributed by atoms with Gasteiger partial charge in [-0.3, -0.25) is 4.79 Å². The number of para-hydroxylation sites is 1. The number of aryl methyl sites for hydroxylation is 1. The summed E-state index contributed by atoms with van der Waals surface area (Å²) < 4.78 is 19.9. The first-order valence-corrected chi connectivity index (χ1v) is 13.1. The molecule has 0 aliphatic carbocycles.